The first kappa shape index (κ1) is 34.8. The van der Waals surface area contributed by atoms with E-state index in [1.54, 1.807) is 0 Å². The molecule has 1 aromatic heterocycles. The fraction of sp³-hybridized carbons (Fsp3) is 0. The normalized spacial score (nSPS) is 11.9. The van der Waals surface area contributed by atoms with Crippen molar-refractivity contribution in [3.8, 4) is 67.5 Å². The molecule has 0 aliphatic carbocycles. The Hall–Kier alpha value is -8.21. The fourth-order valence-corrected chi connectivity index (χ4v) is 9.25. The third-order valence-corrected chi connectivity index (χ3v) is 12.0. The van der Waals surface area contributed by atoms with Gasteiger partial charge in [-0.05, 0) is 79.5 Å². The predicted molar refractivity (Wildman–Crippen MR) is 253 cm³/mol. The molecule has 1 aliphatic heterocycles. The molecular formula is C57H36N4. The first-order chi connectivity index (χ1) is 30.3. The molecule has 0 bridgehead atoms. The van der Waals surface area contributed by atoms with Gasteiger partial charge in [0.1, 0.15) is 0 Å². The van der Waals surface area contributed by atoms with Gasteiger partial charge >= 0.3 is 0 Å². The molecule has 11 aromatic rings. The van der Waals surface area contributed by atoms with E-state index in [1.165, 1.54) is 38.4 Å². The van der Waals surface area contributed by atoms with E-state index in [0.717, 1.165) is 61.0 Å². The monoisotopic (exact) mass is 776 g/mol. The lowest BCUT2D eigenvalue weighted by molar-refractivity contribution is 1.08. The van der Waals surface area contributed by atoms with E-state index in [-0.39, 0.29) is 0 Å². The number of anilines is 3. The lowest BCUT2D eigenvalue weighted by Gasteiger charge is -2.36. The smallest absolute Gasteiger partial charge is 0.164 e. The summed E-state index contributed by atoms with van der Waals surface area (Å²) in [6.07, 6.45) is 0. The number of para-hydroxylation sites is 2. The van der Waals surface area contributed by atoms with Gasteiger partial charge in [0.05, 0.1) is 11.4 Å². The van der Waals surface area contributed by atoms with Crippen LogP contribution in [0.4, 0.5) is 17.1 Å². The van der Waals surface area contributed by atoms with E-state index >= 15 is 0 Å². The zero-order valence-electron chi connectivity index (χ0n) is 33.1. The van der Waals surface area contributed by atoms with Crippen molar-refractivity contribution in [2.45, 2.75) is 0 Å². The molecule has 0 unspecified atom stereocenters. The van der Waals surface area contributed by atoms with Gasteiger partial charge in [0, 0.05) is 38.9 Å². The van der Waals surface area contributed by atoms with Crippen LogP contribution in [0.25, 0.3) is 99.9 Å². The van der Waals surface area contributed by atoms with Gasteiger partial charge in [-0.25, -0.2) is 15.0 Å². The summed E-state index contributed by atoms with van der Waals surface area (Å²) in [5, 5.41) is 7.01. The number of rotatable bonds is 6. The van der Waals surface area contributed by atoms with Crippen molar-refractivity contribution in [3.63, 3.8) is 0 Å². The van der Waals surface area contributed by atoms with Crippen LogP contribution in [0.3, 0.4) is 0 Å². The van der Waals surface area contributed by atoms with E-state index in [1.807, 2.05) is 18.2 Å². The maximum absolute atomic E-state index is 5.23. The SMILES string of the molecule is c1ccc(-c2nc(-c3ccc4ccccc4c3)nc(-c3ccc(-c4cccc5c4N(c4ccccc4)c4ccc(-c6ccccc6)c6cccc-5c46)c4ccccc34)n2)cc1. The summed E-state index contributed by atoms with van der Waals surface area (Å²) < 4.78 is 0. The highest BCUT2D eigenvalue weighted by Gasteiger charge is 2.30. The van der Waals surface area contributed by atoms with Crippen molar-refractivity contribution < 1.29 is 0 Å². The van der Waals surface area contributed by atoms with E-state index in [0.29, 0.717) is 17.5 Å². The summed E-state index contributed by atoms with van der Waals surface area (Å²) in [6, 6.07) is 77.7. The average Bonchev–Trinajstić information content (AvgIpc) is 3.34. The van der Waals surface area contributed by atoms with Crippen LogP contribution in [0.15, 0.2) is 218 Å². The first-order valence-electron chi connectivity index (χ1n) is 20.7. The molecule has 0 atom stereocenters. The van der Waals surface area contributed by atoms with E-state index in [2.05, 4.69) is 205 Å². The van der Waals surface area contributed by atoms with Crippen LogP contribution < -0.4 is 4.90 Å². The standard InChI is InChI=1S/C57H36N4/c1-4-17-38(18-5-1)43-34-35-52-53-47(43)26-14-27-48(53)50-29-15-28-49(54(50)61(52)42-22-8-3-9-23-42)46-32-33-51(45-25-13-12-24-44(45)46)57-59-55(39-19-6-2-7-20-39)58-56(60-57)41-31-30-37-16-10-11-21-40(37)36-41/h1-36H. The summed E-state index contributed by atoms with van der Waals surface area (Å²) >= 11 is 0. The number of fused-ring (bicyclic) bond motifs is 4. The molecule has 4 heteroatoms. The Morgan fingerprint density at radius 2 is 0.836 bits per heavy atom. The van der Waals surface area contributed by atoms with Crippen molar-refractivity contribution in [1.82, 2.24) is 15.0 Å². The highest BCUT2D eigenvalue weighted by molar-refractivity contribution is 6.20. The summed E-state index contributed by atoms with van der Waals surface area (Å²) in [6.45, 7) is 0. The molecule has 0 amide bonds. The molecule has 0 saturated carbocycles. The molecule has 10 aromatic carbocycles. The summed E-state index contributed by atoms with van der Waals surface area (Å²) in [5.74, 6) is 1.91. The van der Waals surface area contributed by atoms with Crippen LogP contribution in [0.5, 0.6) is 0 Å². The van der Waals surface area contributed by atoms with Crippen molar-refractivity contribution in [3.05, 3.63) is 218 Å². The number of hydrogen-bond acceptors (Lipinski definition) is 4. The molecule has 0 N–H and O–H groups in total. The quantitative estimate of drug-likeness (QED) is 0.169. The van der Waals surface area contributed by atoms with Gasteiger partial charge in [-0.2, -0.15) is 0 Å². The number of nitrogens with zero attached hydrogens (tertiary/aromatic N) is 4. The van der Waals surface area contributed by atoms with Crippen LogP contribution in [-0.2, 0) is 0 Å². The molecule has 12 rings (SSSR count). The minimum Gasteiger partial charge on any atom is -0.309 e. The average molecular weight is 777 g/mol. The van der Waals surface area contributed by atoms with Crippen LogP contribution in [0, 0.1) is 0 Å². The number of aromatic nitrogens is 3. The van der Waals surface area contributed by atoms with E-state index in [9.17, 15) is 0 Å². The molecule has 61 heavy (non-hydrogen) atoms. The first-order valence-corrected chi connectivity index (χ1v) is 20.7. The molecule has 0 fully saturated rings. The van der Waals surface area contributed by atoms with Gasteiger partial charge in [0.15, 0.2) is 17.5 Å². The van der Waals surface area contributed by atoms with Gasteiger partial charge in [-0.1, -0.05) is 188 Å². The highest BCUT2D eigenvalue weighted by Crippen LogP contribution is 2.56. The molecule has 284 valence electrons. The molecule has 0 saturated heterocycles. The largest absolute Gasteiger partial charge is 0.309 e. The number of benzene rings is 10. The van der Waals surface area contributed by atoms with Gasteiger partial charge in [-0.3, -0.25) is 0 Å². The van der Waals surface area contributed by atoms with E-state index in [4.69, 9.17) is 15.0 Å². The Labute approximate surface area is 353 Å². The third-order valence-electron chi connectivity index (χ3n) is 12.0. The van der Waals surface area contributed by atoms with E-state index < -0.39 is 0 Å². The van der Waals surface area contributed by atoms with Crippen molar-refractivity contribution in [1.29, 1.82) is 0 Å². The Kier molecular flexibility index (Phi) is 8.13. The zero-order chi connectivity index (χ0) is 40.3. The van der Waals surface area contributed by atoms with Crippen molar-refractivity contribution in [2.24, 2.45) is 0 Å². The van der Waals surface area contributed by atoms with Crippen molar-refractivity contribution >= 4 is 49.4 Å². The molecular weight excluding hydrogens is 741 g/mol. The van der Waals surface area contributed by atoms with Gasteiger partial charge in [-0.15, -0.1) is 0 Å². The maximum Gasteiger partial charge on any atom is 0.164 e. The third kappa shape index (κ3) is 5.80. The van der Waals surface area contributed by atoms with Crippen LogP contribution in [-0.4, -0.2) is 15.0 Å². The van der Waals surface area contributed by atoms with Gasteiger partial charge in [0.2, 0.25) is 0 Å². The molecule has 0 spiro atoms. The highest BCUT2D eigenvalue weighted by atomic mass is 15.2. The summed E-state index contributed by atoms with van der Waals surface area (Å²) in [5.41, 5.74) is 13.4. The maximum atomic E-state index is 5.23. The van der Waals surface area contributed by atoms with Gasteiger partial charge in [0.25, 0.3) is 0 Å². The Bertz CT molecular complexity index is 3470. The Morgan fingerprint density at radius 1 is 0.295 bits per heavy atom. The van der Waals surface area contributed by atoms with Crippen molar-refractivity contribution in [2.75, 3.05) is 4.90 Å². The minimum atomic E-state index is 0.635. The summed E-state index contributed by atoms with van der Waals surface area (Å²) in [7, 11) is 0. The molecule has 4 nitrogen and oxygen atoms in total. The molecule has 2 heterocycles. The number of hydrogen-bond donors (Lipinski definition) is 0. The summed E-state index contributed by atoms with van der Waals surface area (Å²) in [4.78, 5) is 17.9. The van der Waals surface area contributed by atoms with Crippen LogP contribution in [0.1, 0.15) is 0 Å². The predicted octanol–water partition coefficient (Wildman–Crippen LogP) is 15.1. The molecule has 0 radical (unpaired) electrons. The van der Waals surface area contributed by atoms with Gasteiger partial charge < -0.3 is 4.90 Å². The Morgan fingerprint density at radius 3 is 1.61 bits per heavy atom. The zero-order valence-corrected chi connectivity index (χ0v) is 33.1. The second-order valence-corrected chi connectivity index (χ2v) is 15.5. The second-order valence-electron chi connectivity index (χ2n) is 15.5. The topological polar surface area (TPSA) is 41.9 Å². The fourth-order valence-electron chi connectivity index (χ4n) is 9.25. The minimum absolute atomic E-state index is 0.635. The lowest BCUT2D eigenvalue weighted by Crippen LogP contribution is -2.16. The van der Waals surface area contributed by atoms with Crippen LogP contribution >= 0.6 is 0 Å². The Balaban J connectivity index is 1.08. The second kappa shape index (κ2) is 14.3. The lowest BCUT2D eigenvalue weighted by atomic mass is 9.84. The molecule has 1 aliphatic rings. The van der Waals surface area contributed by atoms with Crippen LogP contribution in [0.2, 0.25) is 0 Å².